The zero-order valence-corrected chi connectivity index (χ0v) is 15.8. The lowest BCUT2D eigenvalue weighted by Crippen LogP contribution is -2.31. The Balaban J connectivity index is 3.55. The van der Waals surface area contributed by atoms with Gasteiger partial charge in [-0.05, 0) is 37.4 Å². The first-order valence-electron chi connectivity index (χ1n) is 8.20. The van der Waals surface area contributed by atoms with Crippen LogP contribution in [0.5, 0.6) is 0 Å². The highest BCUT2D eigenvalue weighted by Crippen LogP contribution is 2.08. The molecule has 0 amide bonds. The van der Waals surface area contributed by atoms with E-state index in [1.54, 1.807) is 0 Å². The van der Waals surface area contributed by atoms with Gasteiger partial charge in [0.05, 0.1) is 26.4 Å². The highest BCUT2D eigenvalue weighted by molar-refractivity contribution is 8.13. The minimum Gasteiger partial charge on any atom is -0.458 e. The van der Waals surface area contributed by atoms with Gasteiger partial charge in [0.15, 0.2) is 0 Å². The zero-order valence-electron chi connectivity index (χ0n) is 15.0. The molecule has 0 heterocycles. The van der Waals surface area contributed by atoms with E-state index in [2.05, 4.69) is 9.68 Å². The molecular weight excluding hydrogens is 406 g/mol. The third-order valence-electron chi connectivity index (χ3n) is 2.74. The lowest BCUT2D eigenvalue weighted by atomic mass is 10.3. The van der Waals surface area contributed by atoms with Gasteiger partial charge in [0.1, 0.15) is 6.61 Å². The Labute approximate surface area is 164 Å². The van der Waals surface area contributed by atoms with Crippen molar-refractivity contribution in [2.75, 3.05) is 38.8 Å². The predicted molar refractivity (Wildman–Crippen MR) is 93.4 cm³/mol. The Bertz CT molecular complexity index is 452. The Morgan fingerprint density at radius 3 is 1.89 bits per heavy atom. The van der Waals surface area contributed by atoms with Gasteiger partial charge in [-0.25, -0.2) is 9.59 Å². The maximum atomic E-state index is 11.5. The molecule has 0 rings (SSSR count). The van der Waals surface area contributed by atoms with Crippen molar-refractivity contribution in [2.45, 2.75) is 31.7 Å². The molecule has 0 fully saturated rings. The quantitative estimate of drug-likeness (QED) is 0.160. The smallest absolute Gasteiger partial charge is 0.458 e. The first-order valence-corrected chi connectivity index (χ1v) is 9.19. The van der Waals surface area contributed by atoms with E-state index >= 15 is 0 Å². The lowest BCUT2D eigenvalue weighted by Gasteiger charge is -2.11. The largest absolute Gasteiger partial charge is 0.508 e. The molecule has 162 valence electrons. The average molecular weight is 429 g/mol. The summed E-state index contributed by atoms with van der Waals surface area (Å²) in [4.78, 5) is 50.8. The van der Waals surface area contributed by atoms with Crippen molar-refractivity contribution in [3.05, 3.63) is 20.2 Å². The molecule has 0 aliphatic heterocycles. The minimum absolute atomic E-state index is 0.0168. The molecule has 1 atom stereocenters. The Morgan fingerprint density at radius 2 is 1.36 bits per heavy atom. The molecule has 0 aromatic carbocycles. The van der Waals surface area contributed by atoms with Gasteiger partial charge in [0.2, 0.25) is 0 Å². The van der Waals surface area contributed by atoms with Crippen LogP contribution in [0.3, 0.4) is 0 Å². The number of carbonyl (C=O) groups is 2. The van der Waals surface area contributed by atoms with E-state index in [0.29, 0.717) is 25.7 Å². The van der Waals surface area contributed by atoms with E-state index in [-0.39, 0.29) is 38.8 Å². The first-order chi connectivity index (χ1) is 13.3. The molecule has 1 unspecified atom stereocenters. The van der Waals surface area contributed by atoms with Crippen molar-refractivity contribution in [2.24, 2.45) is 5.73 Å². The number of thioether (sulfide) groups is 1. The molecule has 0 aromatic heterocycles. The Morgan fingerprint density at radius 1 is 0.857 bits per heavy atom. The van der Waals surface area contributed by atoms with Crippen molar-refractivity contribution in [3.8, 4) is 0 Å². The Hall–Kier alpha value is -2.55. The molecule has 0 aliphatic carbocycles. The van der Waals surface area contributed by atoms with Crippen LogP contribution in [-0.2, 0) is 23.9 Å². The van der Waals surface area contributed by atoms with E-state index in [4.69, 9.17) is 19.9 Å². The third kappa shape index (κ3) is 18.2. The fourth-order valence-electron chi connectivity index (χ4n) is 1.48. The fraction of sp³-hybridized carbons (Fsp3) is 0.846. The van der Waals surface area contributed by atoms with Crippen molar-refractivity contribution < 1.29 is 43.6 Å². The summed E-state index contributed by atoms with van der Waals surface area (Å²) in [6.07, 6.45) is 0.566. The number of unbranched alkanes of at least 4 members (excludes halogenated alkanes) is 2. The van der Waals surface area contributed by atoms with E-state index in [1.807, 2.05) is 0 Å². The number of nitrogens with two attached hydrogens (primary N) is 1. The highest BCUT2D eigenvalue weighted by atomic mass is 32.2. The molecule has 0 saturated carbocycles. The van der Waals surface area contributed by atoms with E-state index in [9.17, 15) is 29.8 Å². The van der Waals surface area contributed by atoms with Gasteiger partial charge in [-0.1, -0.05) is 0 Å². The van der Waals surface area contributed by atoms with Crippen LogP contribution >= 0.6 is 11.8 Å². The minimum atomic E-state index is -0.935. The molecule has 0 radical (unpaired) electrons. The maximum absolute atomic E-state index is 11.5. The number of hydrogen-bond donors (Lipinski definition) is 1. The second kappa shape index (κ2) is 16.6. The normalized spacial score (nSPS) is 11.2. The van der Waals surface area contributed by atoms with Crippen LogP contribution in [0.25, 0.3) is 0 Å². The van der Waals surface area contributed by atoms with Crippen molar-refractivity contribution in [1.29, 1.82) is 0 Å². The zero-order chi connectivity index (χ0) is 21.2. The van der Waals surface area contributed by atoms with Crippen LogP contribution < -0.4 is 5.73 Å². The maximum Gasteiger partial charge on any atom is 0.508 e. The third-order valence-corrected chi connectivity index (χ3v) is 3.69. The van der Waals surface area contributed by atoms with Crippen LogP contribution in [0.15, 0.2) is 0 Å². The molecule has 0 spiro atoms. The summed E-state index contributed by atoms with van der Waals surface area (Å²) >= 11 is 0.807. The van der Waals surface area contributed by atoms with E-state index in [0.717, 1.165) is 11.8 Å². The molecule has 28 heavy (non-hydrogen) atoms. The summed E-state index contributed by atoms with van der Waals surface area (Å²) < 4.78 is 14.4. The molecule has 0 bridgehead atoms. The number of nitrogens with zero attached hydrogens (tertiary/aromatic N) is 2. The first kappa shape index (κ1) is 25.4. The molecule has 0 aliphatic rings. The van der Waals surface area contributed by atoms with Gasteiger partial charge in [-0.3, -0.25) is 0 Å². The van der Waals surface area contributed by atoms with Gasteiger partial charge < -0.3 is 29.6 Å². The highest BCUT2D eigenvalue weighted by Gasteiger charge is 2.12. The Kier molecular flexibility index (Phi) is 15.1. The van der Waals surface area contributed by atoms with Crippen LogP contribution in [0.1, 0.15) is 25.7 Å². The number of carbonyl (C=O) groups excluding carboxylic acids is 2. The summed E-state index contributed by atoms with van der Waals surface area (Å²) in [5.41, 5.74) is 5.69. The van der Waals surface area contributed by atoms with Crippen molar-refractivity contribution in [3.63, 3.8) is 0 Å². The number of hydrogen-bond acceptors (Lipinski definition) is 13. The lowest BCUT2D eigenvalue weighted by molar-refractivity contribution is -0.757. The molecule has 2 N–H and O–H groups in total. The van der Waals surface area contributed by atoms with E-state index in [1.165, 1.54) is 0 Å². The molecule has 14 nitrogen and oxygen atoms in total. The van der Waals surface area contributed by atoms with E-state index < -0.39 is 27.7 Å². The molecule has 15 heteroatoms. The standard InChI is InChI=1S/C13H23N3O11S/c14-11(9-25-12(17)23-5-1-3-7-26-15(19)20)10-28-13(18)24-6-2-4-8-27-16(21)22/h11H,1-10,14H2. The second-order valence-corrected chi connectivity index (χ2v) is 6.06. The van der Waals surface area contributed by atoms with Crippen LogP contribution in [0.4, 0.5) is 9.59 Å². The number of rotatable bonds is 16. The summed E-state index contributed by atoms with van der Waals surface area (Å²) in [5.74, 6) is 0.148. The van der Waals surface area contributed by atoms with Crippen LogP contribution in [0.2, 0.25) is 0 Å². The summed E-state index contributed by atoms with van der Waals surface area (Å²) in [7, 11) is 0. The second-order valence-electron chi connectivity index (χ2n) is 5.11. The van der Waals surface area contributed by atoms with Gasteiger partial charge >= 0.3 is 11.5 Å². The molecular formula is C13H23N3O11S. The SMILES string of the molecule is NC(COC(=O)OCCCCO[N+](=O)[O-])CSC(=O)OCCCCO[N+](=O)[O-]. The fourth-order valence-corrected chi connectivity index (χ4v) is 2.09. The monoisotopic (exact) mass is 429 g/mol. The van der Waals surface area contributed by atoms with Crippen LogP contribution in [0, 0.1) is 20.2 Å². The van der Waals surface area contributed by atoms with Crippen LogP contribution in [-0.4, -0.2) is 66.5 Å². The summed E-state index contributed by atoms with van der Waals surface area (Å²) in [6.45, 7) is -0.207. The predicted octanol–water partition coefficient (Wildman–Crippen LogP) is 1.31. The summed E-state index contributed by atoms with van der Waals surface area (Å²) in [5, 5.41) is 17.5. The van der Waals surface area contributed by atoms with Gasteiger partial charge in [0, 0.05) is 11.8 Å². The van der Waals surface area contributed by atoms with Gasteiger partial charge in [-0.15, -0.1) is 20.2 Å². The van der Waals surface area contributed by atoms with Gasteiger partial charge in [0.25, 0.3) is 10.2 Å². The molecule has 0 saturated heterocycles. The average Bonchev–Trinajstić information content (AvgIpc) is 2.63. The topological polar surface area (TPSA) is 193 Å². The van der Waals surface area contributed by atoms with Crippen molar-refractivity contribution in [1.82, 2.24) is 0 Å². The molecule has 0 aromatic rings. The van der Waals surface area contributed by atoms with Crippen molar-refractivity contribution >= 4 is 23.2 Å². The number of ether oxygens (including phenoxy) is 3. The summed E-state index contributed by atoms with van der Waals surface area (Å²) in [6, 6.07) is -0.618. The van der Waals surface area contributed by atoms with Gasteiger partial charge in [-0.2, -0.15) is 0 Å².